The minimum atomic E-state index is -2.67. The third kappa shape index (κ3) is 7.78. The molecule has 0 aromatic heterocycles. The van der Waals surface area contributed by atoms with E-state index in [0.29, 0.717) is 36.7 Å². The monoisotopic (exact) mass is 650 g/mol. The van der Waals surface area contributed by atoms with Gasteiger partial charge in [-0.1, -0.05) is 11.6 Å². The third-order valence-electron chi connectivity index (χ3n) is 8.81. The van der Waals surface area contributed by atoms with Gasteiger partial charge in [-0.2, -0.15) is 0 Å². The number of carbonyl (C=O) groups excluding carboxylic acids is 1. The van der Waals surface area contributed by atoms with E-state index in [2.05, 4.69) is 21.9 Å². The number of nitrogens with zero attached hydrogens (tertiary/aromatic N) is 2. The van der Waals surface area contributed by atoms with Crippen LogP contribution < -0.4 is 14.4 Å². The molecule has 1 aromatic carbocycles. The van der Waals surface area contributed by atoms with Crippen molar-refractivity contribution in [2.75, 3.05) is 38.8 Å². The Labute approximate surface area is 257 Å². The van der Waals surface area contributed by atoms with E-state index in [0.717, 1.165) is 30.9 Å². The molecule has 6 atom stereocenters. The summed E-state index contributed by atoms with van der Waals surface area (Å²) in [6.45, 7) is 2.80. The highest BCUT2D eigenvalue weighted by molar-refractivity contribution is 6.32. The molecule has 3 saturated heterocycles. The number of methoxy groups -OCH3 is 2. The van der Waals surface area contributed by atoms with Crippen molar-refractivity contribution in [3.63, 3.8) is 0 Å². The van der Waals surface area contributed by atoms with Crippen LogP contribution in [-0.2, 0) is 14.9 Å². The summed E-state index contributed by atoms with van der Waals surface area (Å²) < 4.78 is 58.0. The summed E-state index contributed by atoms with van der Waals surface area (Å²) in [5, 5.41) is 55.6. The second kappa shape index (κ2) is 15.5. The van der Waals surface area contributed by atoms with Crippen LogP contribution in [0.5, 0.6) is 11.5 Å². The summed E-state index contributed by atoms with van der Waals surface area (Å²) in [6.07, 6.45) is 5.11. The number of halogens is 4. The summed E-state index contributed by atoms with van der Waals surface area (Å²) in [4.78, 5) is 18.3. The molecule has 22 heteroatoms. The van der Waals surface area contributed by atoms with Gasteiger partial charge in [0.2, 0.25) is 5.91 Å². The molecule has 0 radical (unpaired) electrons. The Morgan fingerprint density at radius 3 is 1.98 bits per heavy atom. The SMILES string of the molecule is COc1cc2c(cc1OC)[C@@]13CCN4CC5=CCO[C@H]6CC(=O)N2[C@H]1[C@H]6[C@H]5C[C@H]43.OB(O)F.OB(O)F.OB(O)F.OB(O)F. The topological polar surface area (TPSA) is 213 Å². The van der Waals surface area contributed by atoms with Crippen LogP contribution >= 0.6 is 0 Å². The van der Waals surface area contributed by atoms with Gasteiger partial charge in [0.25, 0.3) is 0 Å². The molecule has 14 nitrogen and oxygen atoms in total. The first-order valence-corrected chi connectivity index (χ1v) is 13.7. The Morgan fingerprint density at radius 1 is 0.911 bits per heavy atom. The number of fused-ring (bicyclic) bond motifs is 2. The Hall–Kier alpha value is -2.39. The molecule has 5 heterocycles. The first-order chi connectivity index (χ1) is 21.1. The van der Waals surface area contributed by atoms with Crippen LogP contribution in [0.3, 0.4) is 0 Å². The summed E-state index contributed by atoms with van der Waals surface area (Å²) in [6, 6.07) is 4.87. The van der Waals surface area contributed by atoms with Gasteiger partial charge in [-0.25, -0.2) is 0 Å². The molecule has 1 aromatic rings. The molecule has 4 fully saturated rings. The number of hydrogen-bond donors (Lipinski definition) is 8. The summed E-state index contributed by atoms with van der Waals surface area (Å²) in [5.74, 6) is 2.57. The van der Waals surface area contributed by atoms with Crippen LogP contribution in [0.1, 0.15) is 24.8 Å². The zero-order valence-electron chi connectivity index (χ0n) is 24.3. The van der Waals surface area contributed by atoms with Gasteiger partial charge in [0.1, 0.15) is 0 Å². The molecule has 1 amide bonds. The molecule has 2 bridgehead atoms. The number of carbonyl (C=O) groups is 1. The molecule has 1 saturated carbocycles. The number of rotatable bonds is 2. The first-order valence-electron chi connectivity index (χ1n) is 13.7. The Morgan fingerprint density at radius 2 is 1.44 bits per heavy atom. The maximum Gasteiger partial charge on any atom is 0.674 e. The molecule has 5 aliphatic heterocycles. The van der Waals surface area contributed by atoms with Crippen molar-refractivity contribution in [3.8, 4) is 11.5 Å². The largest absolute Gasteiger partial charge is 0.674 e. The maximum atomic E-state index is 13.5. The molecule has 7 rings (SSSR count). The van der Waals surface area contributed by atoms with E-state index in [1.807, 2.05) is 6.07 Å². The van der Waals surface area contributed by atoms with Crippen LogP contribution in [0.2, 0.25) is 0 Å². The molecular weight excluding hydrogens is 615 g/mol. The first kappa shape index (κ1) is 37.1. The molecule has 6 aliphatic rings. The fourth-order valence-corrected chi connectivity index (χ4v) is 7.87. The van der Waals surface area contributed by atoms with Crippen molar-refractivity contribution in [2.24, 2.45) is 11.8 Å². The number of amides is 1. The number of hydrogen-bond acceptors (Lipinski definition) is 13. The van der Waals surface area contributed by atoms with Crippen molar-refractivity contribution >= 4 is 41.2 Å². The van der Waals surface area contributed by atoms with Gasteiger partial charge < -0.3 is 59.3 Å². The summed E-state index contributed by atoms with van der Waals surface area (Å²) in [7, 11) is -7.31. The van der Waals surface area contributed by atoms with E-state index in [4.69, 9.17) is 54.4 Å². The van der Waals surface area contributed by atoms with Crippen LogP contribution in [0, 0.1) is 11.8 Å². The number of benzene rings is 1. The predicted molar refractivity (Wildman–Crippen MR) is 152 cm³/mol. The minimum absolute atomic E-state index is 0.0242. The van der Waals surface area contributed by atoms with Gasteiger partial charge >= 0.3 is 29.6 Å². The molecule has 1 spiro atoms. The Kier molecular flexibility index (Phi) is 12.7. The zero-order valence-corrected chi connectivity index (χ0v) is 24.3. The molecular formula is C23H34B4F4N2O12. The van der Waals surface area contributed by atoms with Gasteiger partial charge in [-0.15, -0.1) is 0 Å². The number of piperidine rings is 2. The van der Waals surface area contributed by atoms with Crippen molar-refractivity contribution in [3.05, 3.63) is 29.3 Å². The quantitative estimate of drug-likeness (QED) is 0.0973. The number of anilines is 1. The average Bonchev–Trinajstić information content (AvgIpc) is 3.38. The third-order valence-corrected chi connectivity index (χ3v) is 8.81. The summed E-state index contributed by atoms with van der Waals surface area (Å²) >= 11 is 0. The Bertz CT molecular complexity index is 1170. The van der Waals surface area contributed by atoms with Crippen molar-refractivity contribution in [1.82, 2.24) is 4.90 Å². The van der Waals surface area contributed by atoms with Gasteiger partial charge in [-0.3, -0.25) is 27.0 Å². The normalized spacial score (nSPS) is 28.8. The lowest BCUT2D eigenvalue weighted by atomic mass is 9.53. The van der Waals surface area contributed by atoms with Crippen LogP contribution in [0.15, 0.2) is 23.8 Å². The lowest BCUT2D eigenvalue weighted by Crippen LogP contribution is -2.69. The van der Waals surface area contributed by atoms with Crippen LogP contribution in [0.25, 0.3) is 0 Å². The minimum Gasteiger partial charge on any atom is -0.493 e. The lowest BCUT2D eigenvalue weighted by molar-refractivity contribution is -0.132. The van der Waals surface area contributed by atoms with Crippen molar-refractivity contribution in [2.45, 2.75) is 42.9 Å². The van der Waals surface area contributed by atoms with E-state index in [1.165, 1.54) is 12.0 Å². The molecule has 248 valence electrons. The highest BCUT2D eigenvalue weighted by Gasteiger charge is 2.71. The fraction of sp³-hybridized carbons (Fsp3) is 0.609. The van der Waals surface area contributed by atoms with E-state index < -0.39 is 29.6 Å². The molecule has 8 N–H and O–H groups in total. The second-order valence-corrected chi connectivity index (χ2v) is 10.7. The molecule has 0 unspecified atom stereocenters. The fourth-order valence-electron chi connectivity index (χ4n) is 7.87. The van der Waals surface area contributed by atoms with Crippen molar-refractivity contribution in [1.29, 1.82) is 0 Å². The highest BCUT2D eigenvalue weighted by Crippen LogP contribution is 2.66. The second-order valence-electron chi connectivity index (χ2n) is 10.7. The smallest absolute Gasteiger partial charge is 0.493 e. The predicted octanol–water partition coefficient (Wildman–Crippen LogP) is -2.19. The van der Waals surface area contributed by atoms with E-state index in [-0.39, 0.29) is 23.5 Å². The lowest BCUT2D eigenvalue weighted by Gasteiger charge is -2.58. The number of ether oxygens (including phenoxy) is 3. The Balaban J connectivity index is 0.000000291. The molecule has 45 heavy (non-hydrogen) atoms. The van der Waals surface area contributed by atoms with Gasteiger partial charge in [0.15, 0.2) is 11.5 Å². The summed E-state index contributed by atoms with van der Waals surface area (Å²) in [5.41, 5.74) is 3.85. The average molecular weight is 650 g/mol. The standard InChI is InChI=1S/C23H26N2O4.4BFH2O2/c1-27-16-8-14-15(9-17(16)28-2)25-20(26)10-18-21-13-7-19-23(14,22(21)25)4-5-24(19)11-12(13)3-6-29-18;4*2-1(3)4/h3,8-9,13,18-19,21-22H,4-7,10-11H2,1-2H3;4*3-4H/t13-,18-,19-,21-,22-,23+;;;;/m0..../s1. The highest BCUT2D eigenvalue weighted by atomic mass is 19.1. The van der Waals surface area contributed by atoms with Crippen LogP contribution in [-0.4, -0.2) is 133 Å². The van der Waals surface area contributed by atoms with E-state index in [1.54, 1.807) is 19.8 Å². The van der Waals surface area contributed by atoms with Gasteiger partial charge in [-0.05, 0) is 36.9 Å². The van der Waals surface area contributed by atoms with E-state index in [9.17, 15) is 22.1 Å². The van der Waals surface area contributed by atoms with Crippen molar-refractivity contribution < 1.29 is 76.5 Å². The maximum absolute atomic E-state index is 13.5. The zero-order chi connectivity index (χ0) is 33.8. The van der Waals surface area contributed by atoms with Crippen LogP contribution in [0.4, 0.5) is 23.0 Å². The van der Waals surface area contributed by atoms with Gasteiger partial charge in [0, 0.05) is 30.0 Å². The van der Waals surface area contributed by atoms with E-state index >= 15 is 0 Å². The molecule has 1 aliphatic carbocycles. The van der Waals surface area contributed by atoms with Gasteiger partial charge in [0.05, 0.1) is 45.1 Å².